The van der Waals surface area contributed by atoms with Gasteiger partial charge in [-0.2, -0.15) is 9.40 Å². The number of carbonyl (C=O) groups is 1. The normalized spacial score (nSPS) is 11.8. The van der Waals surface area contributed by atoms with Crippen molar-refractivity contribution in [1.82, 2.24) is 14.1 Å². The van der Waals surface area contributed by atoms with E-state index in [9.17, 15) is 13.2 Å². The minimum absolute atomic E-state index is 0.0948. The molecule has 112 valence electrons. The SMILES string of the molecule is CC(=O)c1ccc(S(=O)(=O)N(C)Cc2cnn(C)c2)cc1. The van der Waals surface area contributed by atoms with Crippen molar-refractivity contribution >= 4 is 15.8 Å². The van der Waals surface area contributed by atoms with Crippen LogP contribution in [0.2, 0.25) is 0 Å². The Morgan fingerprint density at radius 1 is 1.29 bits per heavy atom. The van der Waals surface area contributed by atoms with Crippen LogP contribution in [0.5, 0.6) is 0 Å². The van der Waals surface area contributed by atoms with E-state index in [0.29, 0.717) is 5.56 Å². The molecule has 0 N–H and O–H groups in total. The van der Waals surface area contributed by atoms with E-state index in [4.69, 9.17) is 0 Å². The summed E-state index contributed by atoms with van der Waals surface area (Å²) < 4.78 is 27.8. The number of aromatic nitrogens is 2. The van der Waals surface area contributed by atoms with E-state index in [1.165, 1.54) is 42.5 Å². The number of nitrogens with zero attached hydrogens (tertiary/aromatic N) is 3. The Kier molecular flexibility index (Phi) is 4.24. The van der Waals surface area contributed by atoms with E-state index in [1.54, 1.807) is 24.1 Å². The smallest absolute Gasteiger partial charge is 0.243 e. The van der Waals surface area contributed by atoms with Crippen LogP contribution in [0.3, 0.4) is 0 Å². The number of Topliss-reactive ketones (excluding diaryl/α,β-unsaturated/α-hetero) is 1. The highest BCUT2D eigenvalue weighted by molar-refractivity contribution is 7.89. The topological polar surface area (TPSA) is 72.3 Å². The first-order chi connectivity index (χ1) is 9.80. The Morgan fingerprint density at radius 2 is 1.90 bits per heavy atom. The molecule has 1 aromatic carbocycles. The predicted octanol–water partition coefficient (Wildman–Crippen LogP) is 1.44. The summed E-state index contributed by atoms with van der Waals surface area (Å²) in [6.45, 7) is 1.68. The number of hydrogen-bond acceptors (Lipinski definition) is 4. The quantitative estimate of drug-likeness (QED) is 0.784. The fourth-order valence-electron chi connectivity index (χ4n) is 1.94. The Hall–Kier alpha value is -1.99. The third-order valence-corrected chi connectivity index (χ3v) is 4.95. The highest BCUT2D eigenvalue weighted by Crippen LogP contribution is 2.17. The Bertz CT molecular complexity index is 748. The van der Waals surface area contributed by atoms with Crippen molar-refractivity contribution in [3.63, 3.8) is 0 Å². The molecule has 2 rings (SSSR count). The van der Waals surface area contributed by atoms with Crippen LogP contribution < -0.4 is 0 Å². The number of hydrogen-bond donors (Lipinski definition) is 0. The second kappa shape index (κ2) is 5.79. The van der Waals surface area contributed by atoms with Gasteiger partial charge in [-0.05, 0) is 19.1 Å². The first-order valence-electron chi connectivity index (χ1n) is 6.35. The van der Waals surface area contributed by atoms with Crippen LogP contribution in [-0.4, -0.2) is 35.3 Å². The maximum atomic E-state index is 12.4. The molecule has 0 aliphatic carbocycles. The number of aryl methyl sites for hydroxylation is 1. The van der Waals surface area contributed by atoms with Gasteiger partial charge in [0.15, 0.2) is 5.78 Å². The van der Waals surface area contributed by atoms with Crippen molar-refractivity contribution in [2.24, 2.45) is 7.05 Å². The molecule has 0 radical (unpaired) electrons. The highest BCUT2D eigenvalue weighted by atomic mass is 32.2. The molecular formula is C14H17N3O3S. The lowest BCUT2D eigenvalue weighted by Gasteiger charge is -2.16. The van der Waals surface area contributed by atoms with Crippen molar-refractivity contribution in [1.29, 1.82) is 0 Å². The molecule has 0 saturated carbocycles. The molecule has 0 unspecified atom stereocenters. The van der Waals surface area contributed by atoms with Gasteiger partial charge in [0.25, 0.3) is 0 Å². The summed E-state index contributed by atoms with van der Waals surface area (Å²) in [7, 11) is -0.294. The van der Waals surface area contributed by atoms with Gasteiger partial charge < -0.3 is 0 Å². The second-order valence-electron chi connectivity index (χ2n) is 4.86. The van der Waals surface area contributed by atoms with Crippen LogP contribution in [0.15, 0.2) is 41.6 Å². The average Bonchev–Trinajstić information content (AvgIpc) is 2.84. The molecule has 1 aromatic heterocycles. The van der Waals surface area contributed by atoms with E-state index >= 15 is 0 Å². The van der Waals surface area contributed by atoms with Gasteiger partial charge >= 0.3 is 0 Å². The van der Waals surface area contributed by atoms with Crippen LogP contribution in [-0.2, 0) is 23.6 Å². The van der Waals surface area contributed by atoms with E-state index in [-0.39, 0.29) is 17.2 Å². The fraction of sp³-hybridized carbons (Fsp3) is 0.286. The third kappa shape index (κ3) is 3.37. The Morgan fingerprint density at radius 3 is 2.38 bits per heavy atom. The summed E-state index contributed by atoms with van der Waals surface area (Å²) in [6.07, 6.45) is 3.40. The van der Waals surface area contributed by atoms with Gasteiger partial charge in [0.05, 0.1) is 11.1 Å². The summed E-state index contributed by atoms with van der Waals surface area (Å²) in [5, 5.41) is 4.01. The number of rotatable bonds is 5. The van der Waals surface area contributed by atoms with Gasteiger partial charge in [-0.15, -0.1) is 0 Å². The molecule has 2 aromatic rings. The summed E-state index contributed by atoms with van der Waals surface area (Å²) in [4.78, 5) is 11.4. The lowest BCUT2D eigenvalue weighted by molar-refractivity contribution is 0.101. The third-order valence-electron chi connectivity index (χ3n) is 3.13. The van der Waals surface area contributed by atoms with Gasteiger partial charge in [0, 0.05) is 38.0 Å². The standard InChI is InChI=1S/C14H17N3O3S/c1-11(18)13-4-6-14(7-5-13)21(19,20)17(3)10-12-8-15-16(2)9-12/h4-9H,10H2,1-3H3. The van der Waals surface area contributed by atoms with Gasteiger partial charge in [-0.25, -0.2) is 8.42 Å². The van der Waals surface area contributed by atoms with Crippen molar-refractivity contribution in [3.05, 3.63) is 47.8 Å². The second-order valence-corrected chi connectivity index (χ2v) is 6.91. The largest absolute Gasteiger partial charge is 0.295 e. The maximum Gasteiger partial charge on any atom is 0.243 e. The van der Waals surface area contributed by atoms with Crippen LogP contribution >= 0.6 is 0 Å². The van der Waals surface area contributed by atoms with E-state index in [2.05, 4.69) is 5.10 Å². The van der Waals surface area contributed by atoms with Crippen molar-refractivity contribution < 1.29 is 13.2 Å². The van der Waals surface area contributed by atoms with Crippen molar-refractivity contribution in [3.8, 4) is 0 Å². The number of sulfonamides is 1. The molecule has 0 fully saturated rings. The summed E-state index contributed by atoms with van der Waals surface area (Å²) in [6, 6.07) is 5.94. The zero-order valence-corrected chi connectivity index (χ0v) is 13.0. The molecule has 0 aliphatic heterocycles. The molecule has 0 atom stereocenters. The molecule has 21 heavy (non-hydrogen) atoms. The molecule has 0 amide bonds. The number of benzene rings is 1. The Balaban J connectivity index is 2.22. The van der Waals surface area contributed by atoms with Gasteiger partial charge in [0.1, 0.15) is 0 Å². The first kappa shape index (κ1) is 15.4. The van der Waals surface area contributed by atoms with Crippen LogP contribution in [0.1, 0.15) is 22.8 Å². The summed E-state index contributed by atoms with van der Waals surface area (Å²) in [5.74, 6) is -0.0948. The molecular weight excluding hydrogens is 290 g/mol. The number of carbonyl (C=O) groups excluding carboxylic acids is 1. The van der Waals surface area contributed by atoms with E-state index in [1.807, 2.05) is 0 Å². The van der Waals surface area contributed by atoms with Crippen molar-refractivity contribution in [2.45, 2.75) is 18.4 Å². The van der Waals surface area contributed by atoms with Crippen LogP contribution in [0, 0.1) is 0 Å². The fourth-order valence-corrected chi connectivity index (χ4v) is 3.10. The zero-order chi connectivity index (χ0) is 15.6. The van der Waals surface area contributed by atoms with Gasteiger partial charge in [0.2, 0.25) is 10.0 Å². The van der Waals surface area contributed by atoms with Crippen LogP contribution in [0.25, 0.3) is 0 Å². The van der Waals surface area contributed by atoms with Crippen molar-refractivity contribution in [2.75, 3.05) is 7.05 Å². The predicted molar refractivity (Wildman–Crippen MR) is 78.3 cm³/mol. The summed E-state index contributed by atoms with van der Waals surface area (Å²) >= 11 is 0. The molecule has 1 heterocycles. The lowest BCUT2D eigenvalue weighted by Crippen LogP contribution is -2.26. The molecule has 0 aliphatic rings. The molecule has 6 nitrogen and oxygen atoms in total. The van der Waals surface area contributed by atoms with Gasteiger partial charge in [-0.3, -0.25) is 9.48 Å². The first-order valence-corrected chi connectivity index (χ1v) is 7.79. The Labute approximate surface area is 124 Å². The molecule has 0 bridgehead atoms. The minimum atomic E-state index is -3.59. The van der Waals surface area contributed by atoms with Gasteiger partial charge in [-0.1, -0.05) is 12.1 Å². The zero-order valence-electron chi connectivity index (χ0n) is 12.1. The van der Waals surface area contributed by atoms with E-state index < -0.39 is 10.0 Å². The average molecular weight is 307 g/mol. The molecule has 7 heteroatoms. The molecule has 0 spiro atoms. The monoisotopic (exact) mass is 307 g/mol. The van der Waals surface area contributed by atoms with E-state index in [0.717, 1.165) is 5.56 Å². The lowest BCUT2D eigenvalue weighted by atomic mass is 10.2. The van der Waals surface area contributed by atoms with Crippen LogP contribution in [0.4, 0.5) is 0 Å². The minimum Gasteiger partial charge on any atom is -0.295 e. The molecule has 0 saturated heterocycles. The highest BCUT2D eigenvalue weighted by Gasteiger charge is 2.21. The summed E-state index contributed by atoms with van der Waals surface area (Å²) in [5.41, 5.74) is 1.30. The number of ketones is 1. The maximum absolute atomic E-state index is 12.4.